The lowest BCUT2D eigenvalue weighted by molar-refractivity contribution is -0.118. The Kier molecular flexibility index (Phi) is 4.59. The van der Waals surface area contributed by atoms with Crippen LogP contribution in [0, 0.1) is 17.8 Å². The van der Waals surface area contributed by atoms with E-state index in [4.69, 9.17) is 11.6 Å². The first-order valence-electron chi connectivity index (χ1n) is 10.0. The van der Waals surface area contributed by atoms with E-state index in [9.17, 15) is 9.59 Å². The van der Waals surface area contributed by atoms with Crippen molar-refractivity contribution in [2.24, 2.45) is 17.8 Å². The fourth-order valence-corrected chi connectivity index (χ4v) is 5.13. The largest absolute Gasteiger partial charge is 0.294 e. The highest BCUT2D eigenvalue weighted by atomic mass is 35.5. The second-order valence-electron chi connectivity index (χ2n) is 8.15. The Morgan fingerprint density at radius 1 is 1.14 bits per heavy atom. The van der Waals surface area contributed by atoms with Crippen LogP contribution in [-0.4, -0.2) is 20.8 Å². The number of benzene rings is 1. The molecule has 7 heteroatoms. The van der Waals surface area contributed by atoms with Crippen molar-refractivity contribution >= 4 is 28.3 Å². The van der Waals surface area contributed by atoms with Gasteiger partial charge in [0, 0.05) is 23.6 Å². The molecule has 2 bridgehead atoms. The van der Waals surface area contributed by atoms with Crippen molar-refractivity contribution in [2.75, 3.05) is 5.43 Å². The van der Waals surface area contributed by atoms with Crippen LogP contribution in [0.1, 0.15) is 32.1 Å². The average Bonchev–Trinajstić information content (AvgIpc) is 3.34. The molecule has 5 rings (SSSR count). The maximum absolute atomic E-state index is 12.9. The van der Waals surface area contributed by atoms with Crippen molar-refractivity contribution in [3.63, 3.8) is 0 Å². The molecule has 6 nitrogen and oxygen atoms in total. The van der Waals surface area contributed by atoms with Gasteiger partial charge in [0.1, 0.15) is 10.8 Å². The number of hydrogen-bond donors (Lipinski definition) is 1. The van der Waals surface area contributed by atoms with Gasteiger partial charge in [-0.1, -0.05) is 36.2 Å². The number of nitrogens with one attached hydrogen (secondary N) is 1. The van der Waals surface area contributed by atoms with Gasteiger partial charge in [-0.3, -0.25) is 9.59 Å². The maximum Gasteiger partial charge on any atom is 0.294 e. The zero-order valence-electron chi connectivity index (χ0n) is 15.8. The molecule has 0 spiro atoms. The molecule has 148 valence electrons. The van der Waals surface area contributed by atoms with Crippen LogP contribution < -0.4 is 11.0 Å². The molecule has 29 heavy (non-hydrogen) atoms. The van der Waals surface area contributed by atoms with Crippen LogP contribution in [0.15, 0.2) is 47.4 Å². The summed E-state index contributed by atoms with van der Waals surface area (Å²) >= 11 is 5.91. The Morgan fingerprint density at radius 2 is 1.97 bits per heavy atom. The second kappa shape index (κ2) is 7.26. The normalized spacial score (nSPS) is 22.9. The molecule has 1 N–H and O–H groups in total. The molecular weight excluding hydrogens is 388 g/mol. The number of pyridine rings is 1. The number of hydrogen-bond acceptors (Lipinski definition) is 4. The van der Waals surface area contributed by atoms with Crippen LogP contribution in [0.2, 0.25) is 5.15 Å². The highest BCUT2D eigenvalue weighted by molar-refractivity contribution is 6.29. The summed E-state index contributed by atoms with van der Waals surface area (Å²) in [7, 11) is 0. The molecule has 1 aromatic carbocycles. The van der Waals surface area contributed by atoms with Gasteiger partial charge in [0.15, 0.2) is 0 Å². The molecule has 3 atom stereocenters. The number of carbonyl (C=O) groups is 1. The van der Waals surface area contributed by atoms with E-state index in [0.29, 0.717) is 39.9 Å². The summed E-state index contributed by atoms with van der Waals surface area (Å²) in [6, 6.07) is 10.7. The first-order valence-corrected chi connectivity index (χ1v) is 10.4. The van der Waals surface area contributed by atoms with Gasteiger partial charge in [-0.05, 0) is 55.2 Å². The third kappa shape index (κ3) is 3.42. The van der Waals surface area contributed by atoms with E-state index in [0.717, 1.165) is 22.7 Å². The minimum atomic E-state index is -0.340. The molecule has 2 saturated carbocycles. The van der Waals surface area contributed by atoms with E-state index in [2.05, 4.69) is 15.5 Å². The van der Waals surface area contributed by atoms with E-state index >= 15 is 0 Å². The third-order valence-electron chi connectivity index (χ3n) is 6.37. The van der Waals surface area contributed by atoms with Gasteiger partial charge in [-0.15, -0.1) is 9.89 Å². The molecule has 3 aromatic rings. The molecule has 3 unspecified atom stereocenters. The topological polar surface area (TPSA) is 76.9 Å². The summed E-state index contributed by atoms with van der Waals surface area (Å²) in [6.45, 7) is 0. The Morgan fingerprint density at radius 3 is 2.66 bits per heavy atom. The maximum atomic E-state index is 12.9. The van der Waals surface area contributed by atoms with Crippen molar-refractivity contribution < 1.29 is 4.79 Å². The first kappa shape index (κ1) is 18.3. The quantitative estimate of drug-likeness (QED) is 0.662. The third-order valence-corrected chi connectivity index (χ3v) is 6.59. The zero-order valence-corrected chi connectivity index (χ0v) is 16.6. The Labute approximate surface area is 172 Å². The summed E-state index contributed by atoms with van der Waals surface area (Å²) in [5, 5.41) is 6.03. The molecule has 2 heterocycles. The lowest BCUT2D eigenvalue weighted by atomic mass is 9.86. The first-order chi connectivity index (χ1) is 14.1. The lowest BCUT2D eigenvalue weighted by Crippen LogP contribution is -2.36. The summed E-state index contributed by atoms with van der Waals surface area (Å²) in [5.41, 5.74) is 3.68. The average molecular weight is 409 g/mol. The van der Waals surface area contributed by atoms with Gasteiger partial charge >= 0.3 is 0 Å². The second-order valence-corrected chi connectivity index (χ2v) is 8.54. The molecule has 2 aliphatic carbocycles. The van der Waals surface area contributed by atoms with Gasteiger partial charge in [0.05, 0.1) is 5.39 Å². The number of halogens is 1. The minimum absolute atomic E-state index is 0.160. The highest BCUT2D eigenvalue weighted by Crippen LogP contribution is 2.49. The number of aromatic nitrogens is 3. The van der Waals surface area contributed by atoms with Crippen LogP contribution in [0.5, 0.6) is 0 Å². The Bertz CT molecular complexity index is 1140. The van der Waals surface area contributed by atoms with Crippen molar-refractivity contribution in [3.05, 3.63) is 58.1 Å². The Hall–Kier alpha value is -2.73. The van der Waals surface area contributed by atoms with E-state index in [1.54, 1.807) is 30.5 Å². The number of carbonyl (C=O) groups excluding carboxylic acids is 1. The molecule has 0 saturated heterocycles. The monoisotopic (exact) mass is 408 g/mol. The molecule has 2 aromatic heterocycles. The highest BCUT2D eigenvalue weighted by Gasteiger charge is 2.40. The lowest BCUT2D eigenvalue weighted by Gasteiger charge is -2.21. The SMILES string of the molecule is O=C(CC1CC2CCC1C2)Nn1nc(-c2ccc(Cl)nc2)c2ccccc2c1=O. The van der Waals surface area contributed by atoms with Gasteiger partial charge in [-0.2, -0.15) is 0 Å². The summed E-state index contributed by atoms with van der Waals surface area (Å²) < 4.78 is 0. The molecule has 1 amide bonds. The fraction of sp³-hybridized carbons (Fsp3) is 0.364. The van der Waals surface area contributed by atoms with E-state index in [1.165, 1.54) is 19.3 Å². The molecule has 2 fully saturated rings. The summed E-state index contributed by atoms with van der Waals surface area (Å²) in [4.78, 5) is 30.8. The Balaban J connectivity index is 1.48. The minimum Gasteiger partial charge on any atom is -0.273 e. The smallest absolute Gasteiger partial charge is 0.273 e. The van der Waals surface area contributed by atoms with Gasteiger partial charge in [-0.25, -0.2) is 10.4 Å². The number of nitrogens with zero attached hydrogens (tertiary/aromatic N) is 3. The predicted molar refractivity (Wildman–Crippen MR) is 112 cm³/mol. The van der Waals surface area contributed by atoms with Crippen molar-refractivity contribution in [3.8, 4) is 11.3 Å². The summed E-state index contributed by atoms with van der Waals surface area (Å²) in [6.07, 6.45) is 6.96. The molecule has 0 radical (unpaired) electrons. The van der Waals surface area contributed by atoms with E-state index in [1.807, 2.05) is 12.1 Å². The van der Waals surface area contributed by atoms with Crippen molar-refractivity contribution in [1.82, 2.24) is 14.9 Å². The van der Waals surface area contributed by atoms with E-state index in [-0.39, 0.29) is 11.5 Å². The van der Waals surface area contributed by atoms with Crippen LogP contribution in [0.4, 0.5) is 0 Å². The summed E-state index contributed by atoms with van der Waals surface area (Å²) in [5.74, 6) is 1.70. The van der Waals surface area contributed by atoms with Crippen LogP contribution in [0.25, 0.3) is 22.0 Å². The van der Waals surface area contributed by atoms with Crippen molar-refractivity contribution in [1.29, 1.82) is 0 Å². The number of fused-ring (bicyclic) bond motifs is 3. The van der Waals surface area contributed by atoms with Crippen LogP contribution in [0.3, 0.4) is 0 Å². The van der Waals surface area contributed by atoms with Gasteiger partial charge in [0.25, 0.3) is 5.56 Å². The van der Waals surface area contributed by atoms with Gasteiger partial charge in [0.2, 0.25) is 5.91 Å². The zero-order chi connectivity index (χ0) is 20.0. The van der Waals surface area contributed by atoms with Crippen LogP contribution in [-0.2, 0) is 4.79 Å². The van der Waals surface area contributed by atoms with E-state index < -0.39 is 0 Å². The fourth-order valence-electron chi connectivity index (χ4n) is 5.02. The van der Waals surface area contributed by atoms with Gasteiger partial charge < -0.3 is 0 Å². The predicted octanol–water partition coefficient (Wildman–Crippen LogP) is 4.01. The van der Waals surface area contributed by atoms with Crippen LogP contribution >= 0.6 is 11.6 Å². The molecule has 2 aliphatic rings. The molecular formula is C22H21ClN4O2. The standard InChI is InChI=1S/C22H21ClN4O2/c23-19-8-7-15(12-24-19)21-17-3-1-2-4-18(17)22(29)27(26-21)25-20(28)11-16-10-13-5-6-14(16)9-13/h1-4,7-8,12-14,16H,5-6,9-11H2,(H,25,28). The van der Waals surface area contributed by atoms with Crippen molar-refractivity contribution in [2.45, 2.75) is 32.1 Å². The number of amides is 1. The number of rotatable bonds is 4. The molecule has 0 aliphatic heterocycles.